The van der Waals surface area contributed by atoms with Gasteiger partial charge in [0.05, 0.1) is 11.1 Å². The van der Waals surface area contributed by atoms with Crippen LogP contribution in [0, 0.1) is 0 Å². The number of halogens is 3. The van der Waals surface area contributed by atoms with Crippen LogP contribution in [-0.4, -0.2) is 40.3 Å². The number of esters is 2. The number of rotatable bonds is 7. The van der Waals surface area contributed by atoms with Crippen molar-refractivity contribution in [1.29, 1.82) is 0 Å². The van der Waals surface area contributed by atoms with Crippen molar-refractivity contribution in [2.45, 2.75) is 50.8 Å². The van der Waals surface area contributed by atoms with Gasteiger partial charge in [-0.05, 0) is 30.2 Å². The first kappa shape index (κ1) is 27.1. The Bertz CT molecular complexity index is 1340. The van der Waals surface area contributed by atoms with E-state index in [1.54, 1.807) is 74.5 Å². The number of alkyl halides is 3. The Morgan fingerprint density at radius 1 is 1.03 bits per heavy atom. The summed E-state index contributed by atoms with van der Waals surface area (Å²) in [5.41, 5.74) is -2.04. The lowest BCUT2D eigenvalue weighted by Crippen LogP contribution is -2.32. The molecule has 2 aromatic carbocycles. The van der Waals surface area contributed by atoms with Crippen LogP contribution in [0.15, 0.2) is 71.7 Å². The van der Waals surface area contributed by atoms with Crippen LogP contribution in [0.2, 0.25) is 0 Å². The summed E-state index contributed by atoms with van der Waals surface area (Å²) >= 11 is 0. The van der Waals surface area contributed by atoms with E-state index >= 15 is 0 Å². The predicted molar refractivity (Wildman–Crippen MR) is 128 cm³/mol. The number of carbonyl (C=O) groups excluding carboxylic acids is 2. The molecule has 0 radical (unpaired) electrons. The minimum absolute atomic E-state index is 0.0728. The zero-order chi connectivity index (χ0) is 27.4. The lowest BCUT2D eigenvalue weighted by molar-refractivity contribution is -0.142. The van der Waals surface area contributed by atoms with Crippen molar-refractivity contribution in [3.05, 3.63) is 99.7 Å². The number of hydrogen-bond donors (Lipinski definition) is 0. The zero-order valence-electron chi connectivity index (χ0n) is 20.6. The summed E-state index contributed by atoms with van der Waals surface area (Å²) in [7, 11) is 0. The van der Waals surface area contributed by atoms with Gasteiger partial charge < -0.3 is 14.2 Å². The summed E-state index contributed by atoms with van der Waals surface area (Å²) in [6.45, 7) is 2.77. The lowest BCUT2D eigenvalue weighted by atomic mass is 10.0. The van der Waals surface area contributed by atoms with Crippen LogP contribution in [0.5, 0.6) is 0 Å². The van der Waals surface area contributed by atoms with Crippen molar-refractivity contribution in [1.82, 2.24) is 9.55 Å². The molecule has 0 spiro atoms. The molecule has 0 N–H and O–H groups in total. The Morgan fingerprint density at radius 3 is 2.16 bits per heavy atom. The van der Waals surface area contributed by atoms with Gasteiger partial charge in [-0.2, -0.15) is 18.2 Å². The smallest absolute Gasteiger partial charge is 0.433 e. The fraction of sp³-hybridized carbons (Fsp3) is 0.333. The van der Waals surface area contributed by atoms with Crippen LogP contribution in [0.4, 0.5) is 13.2 Å². The molecular weight excluding hydrogens is 505 g/mol. The molecule has 0 bridgehead atoms. The molecule has 0 amide bonds. The van der Waals surface area contributed by atoms with Gasteiger partial charge in [0, 0.05) is 18.2 Å². The van der Waals surface area contributed by atoms with E-state index in [1.807, 2.05) is 0 Å². The summed E-state index contributed by atoms with van der Waals surface area (Å²) < 4.78 is 58.3. The molecule has 1 aromatic heterocycles. The van der Waals surface area contributed by atoms with Gasteiger partial charge in [-0.3, -0.25) is 4.57 Å². The van der Waals surface area contributed by atoms with E-state index in [1.165, 1.54) is 0 Å². The summed E-state index contributed by atoms with van der Waals surface area (Å²) in [6.07, 6.45) is -6.87. The molecule has 0 saturated carbocycles. The summed E-state index contributed by atoms with van der Waals surface area (Å²) in [4.78, 5) is 41.1. The highest BCUT2D eigenvalue weighted by atomic mass is 19.4. The molecule has 3 atom stereocenters. The molecule has 1 saturated heterocycles. The highest BCUT2D eigenvalue weighted by Gasteiger charge is 2.42. The van der Waals surface area contributed by atoms with Gasteiger partial charge >= 0.3 is 23.8 Å². The monoisotopic (exact) mass is 530 g/mol. The van der Waals surface area contributed by atoms with Gasteiger partial charge in [0.1, 0.15) is 25.0 Å². The molecule has 1 fully saturated rings. The highest BCUT2D eigenvalue weighted by molar-refractivity contribution is 5.90. The number of hydrogen-bond acceptors (Lipinski definition) is 7. The van der Waals surface area contributed by atoms with Gasteiger partial charge in [-0.25, -0.2) is 14.4 Å². The fourth-order valence-electron chi connectivity index (χ4n) is 4.08. The number of nitrogens with zero attached hydrogens (tertiary/aromatic N) is 2. The molecule has 2 heterocycles. The maximum atomic E-state index is 13.5. The van der Waals surface area contributed by atoms with Crippen molar-refractivity contribution >= 4 is 11.9 Å². The van der Waals surface area contributed by atoms with Gasteiger partial charge in [0.2, 0.25) is 0 Å². The fourth-order valence-corrected chi connectivity index (χ4v) is 4.08. The third-order valence-corrected chi connectivity index (χ3v) is 6.02. The minimum atomic E-state index is -4.81. The largest absolute Gasteiger partial charge is 0.459 e. The van der Waals surface area contributed by atoms with Crippen molar-refractivity contribution in [2.24, 2.45) is 0 Å². The molecule has 11 heteroatoms. The van der Waals surface area contributed by atoms with Crippen LogP contribution in [0.1, 0.15) is 64.4 Å². The van der Waals surface area contributed by atoms with Crippen LogP contribution in [-0.2, 0) is 20.4 Å². The van der Waals surface area contributed by atoms with Crippen LogP contribution < -0.4 is 5.69 Å². The van der Waals surface area contributed by atoms with E-state index in [-0.39, 0.29) is 24.2 Å². The summed E-state index contributed by atoms with van der Waals surface area (Å²) in [6, 6.07) is 16.4. The Labute approximate surface area is 216 Å². The Balaban J connectivity index is 1.60. The van der Waals surface area contributed by atoms with Gasteiger partial charge in [0.25, 0.3) is 0 Å². The third kappa shape index (κ3) is 6.10. The molecule has 8 nitrogen and oxygen atoms in total. The molecule has 1 aliphatic rings. The molecule has 0 aliphatic carbocycles. The maximum absolute atomic E-state index is 13.5. The molecule has 38 heavy (non-hydrogen) atoms. The quantitative estimate of drug-likeness (QED) is 0.407. The second kappa shape index (κ2) is 11.2. The standard InChI is InChI=1S/C27H25F3N2O6/c1-16(2)19-14-32(26(35)31-23(19)27(28,29)30)22-13-20(38-25(34)18-11-7-4-8-12-18)21(37-22)15-36-24(33)17-9-5-3-6-10-17/h3-12,14,16,20-22H,13,15H2,1-2H3/t20-,21+,22+/m0/s1. The number of aromatic nitrogens is 2. The van der Waals surface area contributed by atoms with Gasteiger partial charge in [0.15, 0.2) is 5.69 Å². The number of benzene rings is 2. The lowest BCUT2D eigenvalue weighted by Gasteiger charge is -2.20. The van der Waals surface area contributed by atoms with E-state index in [0.717, 1.165) is 10.8 Å². The molecule has 4 rings (SSSR count). The van der Waals surface area contributed by atoms with Crippen molar-refractivity contribution < 1.29 is 37.0 Å². The molecule has 0 unspecified atom stereocenters. The molecule has 200 valence electrons. The maximum Gasteiger partial charge on any atom is 0.433 e. The predicted octanol–water partition coefficient (Wildman–Crippen LogP) is 4.76. The van der Waals surface area contributed by atoms with E-state index < -0.39 is 53.9 Å². The van der Waals surface area contributed by atoms with Crippen LogP contribution >= 0.6 is 0 Å². The first-order valence-corrected chi connectivity index (χ1v) is 11.9. The van der Waals surface area contributed by atoms with E-state index in [0.29, 0.717) is 5.56 Å². The Morgan fingerprint density at radius 2 is 1.61 bits per heavy atom. The summed E-state index contributed by atoms with van der Waals surface area (Å²) in [5.74, 6) is -1.90. The first-order chi connectivity index (χ1) is 18.0. The molecule has 3 aromatic rings. The van der Waals surface area contributed by atoms with Crippen LogP contribution in [0.25, 0.3) is 0 Å². The molecular formula is C27H25F3N2O6. The van der Waals surface area contributed by atoms with E-state index in [2.05, 4.69) is 4.98 Å². The Kier molecular flexibility index (Phi) is 7.96. The third-order valence-electron chi connectivity index (χ3n) is 6.02. The highest BCUT2D eigenvalue weighted by Crippen LogP contribution is 2.35. The zero-order valence-corrected chi connectivity index (χ0v) is 20.6. The first-order valence-electron chi connectivity index (χ1n) is 11.9. The minimum Gasteiger partial charge on any atom is -0.459 e. The SMILES string of the molecule is CC(C)c1cn([C@H]2C[C@H](OC(=O)c3ccccc3)[C@@H](COC(=O)c3ccccc3)O2)c(=O)nc1C(F)(F)F. The second-order valence-electron chi connectivity index (χ2n) is 9.03. The van der Waals surface area contributed by atoms with Crippen molar-refractivity contribution in [3.8, 4) is 0 Å². The van der Waals surface area contributed by atoms with E-state index in [4.69, 9.17) is 14.2 Å². The summed E-state index contributed by atoms with van der Waals surface area (Å²) in [5, 5.41) is 0. The normalized spacial score (nSPS) is 19.4. The Hall–Kier alpha value is -3.99. The number of ether oxygens (including phenoxy) is 3. The average molecular weight is 530 g/mol. The average Bonchev–Trinajstić information content (AvgIpc) is 3.29. The van der Waals surface area contributed by atoms with Crippen molar-refractivity contribution in [2.75, 3.05) is 6.61 Å². The van der Waals surface area contributed by atoms with Crippen LogP contribution in [0.3, 0.4) is 0 Å². The van der Waals surface area contributed by atoms with E-state index in [9.17, 15) is 27.6 Å². The van der Waals surface area contributed by atoms with Gasteiger partial charge in [-0.15, -0.1) is 0 Å². The van der Waals surface area contributed by atoms with Crippen molar-refractivity contribution in [3.63, 3.8) is 0 Å². The molecule has 1 aliphatic heterocycles. The second-order valence-corrected chi connectivity index (χ2v) is 9.03. The number of carbonyl (C=O) groups is 2. The topological polar surface area (TPSA) is 96.7 Å². The van der Waals surface area contributed by atoms with Gasteiger partial charge in [-0.1, -0.05) is 50.2 Å².